The highest BCUT2D eigenvalue weighted by Gasteiger charge is 2.16. The van der Waals surface area contributed by atoms with Crippen molar-refractivity contribution < 1.29 is 8.78 Å². The Bertz CT molecular complexity index is 367. The maximum atomic E-state index is 12.3. The van der Waals surface area contributed by atoms with Crippen LogP contribution in [0.15, 0.2) is 6.20 Å². The van der Waals surface area contributed by atoms with E-state index in [1.807, 2.05) is 0 Å². The molecule has 0 atom stereocenters. The van der Waals surface area contributed by atoms with Crippen molar-refractivity contribution in [2.24, 2.45) is 0 Å². The van der Waals surface area contributed by atoms with Crippen LogP contribution in [0.5, 0.6) is 0 Å². The number of aromatic nitrogens is 1. The number of aryl methyl sites for hydroxylation is 1. The summed E-state index contributed by atoms with van der Waals surface area (Å²) in [4.78, 5) is 3.78. The molecule has 0 saturated heterocycles. The van der Waals surface area contributed by atoms with Crippen LogP contribution in [-0.2, 0) is 0 Å². The maximum absolute atomic E-state index is 12.3. The second-order valence-corrected chi connectivity index (χ2v) is 2.71. The number of rotatable bonds is 1. The molecule has 0 radical (unpaired) electrons. The van der Waals surface area contributed by atoms with Gasteiger partial charge in [-0.05, 0) is 19.4 Å². The molecule has 13 heavy (non-hydrogen) atoms. The van der Waals surface area contributed by atoms with Gasteiger partial charge in [0.05, 0.1) is 11.1 Å². The van der Waals surface area contributed by atoms with Gasteiger partial charge in [-0.2, -0.15) is 5.26 Å². The summed E-state index contributed by atoms with van der Waals surface area (Å²) >= 11 is 0. The zero-order valence-electron chi connectivity index (χ0n) is 7.31. The smallest absolute Gasteiger partial charge is 0.261 e. The minimum absolute atomic E-state index is 0.0440. The molecule has 0 unspecified atom stereocenters. The summed E-state index contributed by atoms with van der Waals surface area (Å²) in [7, 11) is 0. The largest absolute Gasteiger partial charge is 0.266 e. The summed E-state index contributed by atoms with van der Waals surface area (Å²) in [5, 5.41) is 8.66. The number of hydrogen-bond acceptors (Lipinski definition) is 2. The minimum atomic E-state index is -2.64. The summed E-state index contributed by atoms with van der Waals surface area (Å²) in [6.07, 6.45) is -1.58. The van der Waals surface area contributed by atoms with Crippen molar-refractivity contribution in [2.75, 3.05) is 0 Å². The highest BCUT2D eigenvalue weighted by Crippen LogP contribution is 2.24. The fraction of sp³-hybridized carbons (Fsp3) is 0.333. The molecule has 0 bridgehead atoms. The van der Waals surface area contributed by atoms with Gasteiger partial charge in [-0.25, -0.2) is 8.78 Å². The van der Waals surface area contributed by atoms with E-state index in [0.717, 1.165) is 6.20 Å². The molecule has 0 N–H and O–H groups in total. The summed E-state index contributed by atoms with van der Waals surface area (Å²) < 4.78 is 24.7. The number of nitriles is 1. The highest BCUT2D eigenvalue weighted by molar-refractivity contribution is 5.44. The van der Waals surface area contributed by atoms with E-state index in [-0.39, 0.29) is 11.1 Å². The quantitative estimate of drug-likeness (QED) is 0.669. The van der Waals surface area contributed by atoms with Crippen LogP contribution >= 0.6 is 0 Å². The SMILES string of the molecule is Cc1ncc(C(F)F)c(C#N)c1C. The van der Waals surface area contributed by atoms with Crippen LogP contribution in [0.4, 0.5) is 8.78 Å². The highest BCUT2D eigenvalue weighted by atomic mass is 19.3. The van der Waals surface area contributed by atoms with E-state index in [0.29, 0.717) is 11.3 Å². The van der Waals surface area contributed by atoms with E-state index in [1.165, 1.54) is 0 Å². The van der Waals surface area contributed by atoms with Gasteiger partial charge in [0.15, 0.2) is 0 Å². The van der Waals surface area contributed by atoms with Crippen molar-refractivity contribution in [1.29, 1.82) is 5.26 Å². The fourth-order valence-electron chi connectivity index (χ4n) is 1.04. The first-order valence-electron chi connectivity index (χ1n) is 3.72. The molecule has 1 aromatic heterocycles. The van der Waals surface area contributed by atoms with Gasteiger partial charge in [-0.1, -0.05) is 0 Å². The Balaban J connectivity index is 3.41. The molecule has 1 rings (SSSR count). The number of halogens is 2. The van der Waals surface area contributed by atoms with Crippen molar-refractivity contribution in [1.82, 2.24) is 4.98 Å². The molecule has 0 saturated carbocycles. The Morgan fingerprint density at radius 3 is 2.54 bits per heavy atom. The first-order chi connectivity index (χ1) is 6.07. The van der Waals surface area contributed by atoms with Crippen LogP contribution in [0.2, 0.25) is 0 Å². The van der Waals surface area contributed by atoms with Crippen molar-refractivity contribution in [2.45, 2.75) is 20.3 Å². The third kappa shape index (κ3) is 1.64. The summed E-state index contributed by atoms with van der Waals surface area (Å²) in [5.74, 6) is 0. The van der Waals surface area contributed by atoms with Gasteiger partial charge in [-0.3, -0.25) is 4.98 Å². The maximum Gasteiger partial charge on any atom is 0.266 e. The third-order valence-electron chi connectivity index (χ3n) is 1.95. The second kappa shape index (κ2) is 3.48. The second-order valence-electron chi connectivity index (χ2n) is 2.71. The van der Waals surface area contributed by atoms with Gasteiger partial charge in [0, 0.05) is 11.9 Å². The van der Waals surface area contributed by atoms with Gasteiger partial charge < -0.3 is 0 Å². The molecule has 1 aromatic rings. The lowest BCUT2D eigenvalue weighted by atomic mass is 10.0. The van der Waals surface area contributed by atoms with Gasteiger partial charge >= 0.3 is 0 Å². The van der Waals surface area contributed by atoms with Gasteiger partial charge in [0.25, 0.3) is 6.43 Å². The predicted octanol–water partition coefficient (Wildman–Crippen LogP) is 2.51. The van der Waals surface area contributed by atoms with Gasteiger partial charge in [0.1, 0.15) is 6.07 Å². The zero-order chi connectivity index (χ0) is 10.0. The van der Waals surface area contributed by atoms with Crippen LogP contribution in [0.3, 0.4) is 0 Å². The summed E-state index contributed by atoms with van der Waals surface area (Å²) in [6, 6.07) is 1.77. The van der Waals surface area contributed by atoms with E-state index >= 15 is 0 Å². The lowest BCUT2D eigenvalue weighted by Gasteiger charge is -2.06. The van der Waals surface area contributed by atoms with E-state index in [9.17, 15) is 8.78 Å². The van der Waals surface area contributed by atoms with Crippen molar-refractivity contribution in [3.63, 3.8) is 0 Å². The Hall–Kier alpha value is -1.50. The molecule has 0 aromatic carbocycles. The fourth-order valence-corrected chi connectivity index (χ4v) is 1.04. The summed E-state index contributed by atoms with van der Waals surface area (Å²) in [5.41, 5.74) is 0.898. The lowest BCUT2D eigenvalue weighted by molar-refractivity contribution is 0.150. The Morgan fingerprint density at radius 1 is 1.46 bits per heavy atom. The molecule has 0 aliphatic heterocycles. The van der Waals surface area contributed by atoms with Gasteiger partial charge in [0.2, 0.25) is 0 Å². The van der Waals surface area contributed by atoms with Crippen LogP contribution in [0.1, 0.15) is 28.8 Å². The number of pyridine rings is 1. The van der Waals surface area contributed by atoms with E-state index in [4.69, 9.17) is 5.26 Å². The normalized spacial score (nSPS) is 10.2. The lowest BCUT2D eigenvalue weighted by Crippen LogP contribution is -1.98. The molecule has 4 heteroatoms. The molecule has 2 nitrogen and oxygen atoms in total. The van der Waals surface area contributed by atoms with Crippen molar-refractivity contribution >= 4 is 0 Å². The van der Waals surface area contributed by atoms with Crippen molar-refractivity contribution in [3.05, 3.63) is 28.6 Å². The molecule has 0 fully saturated rings. The summed E-state index contributed by atoms with van der Waals surface area (Å²) in [6.45, 7) is 3.30. The zero-order valence-corrected chi connectivity index (χ0v) is 7.31. The number of alkyl halides is 2. The number of hydrogen-bond donors (Lipinski definition) is 0. The molecule has 68 valence electrons. The van der Waals surface area contributed by atoms with Crippen molar-refractivity contribution in [3.8, 4) is 6.07 Å². The van der Waals surface area contributed by atoms with Crippen LogP contribution < -0.4 is 0 Å². The average Bonchev–Trinajstić information content (AvgIpc) is 2.09. The third-order valence-corrected chi connectivity index (χ3v) is 1.95. The molecule has 0 amide bonds. The monoisotopic (exact) mass is 182 g/mol. The average molecular weight is 182 g/mol. The van der Waals surface area contributed by atoms with E-state index in [1.54, 1.807) is 19.9 Å². The molecule has 0 spiro atoms. The Morgan fingerprint density at radius 2 is 2.08 bits per heavy atom. The molecular formula is C9H8F2N2. The topological polar surface area (TPSA) is 36.7 Å². The standard InChI is InChI=1S/C9H8F2N2/c1-5-6(2)13-4-8(9(10)11)7(5)3-12/h4,9H,1-2H3. The Kier molecular flexibility index (Phi) is 2.57. The molecular weight excluding hydrogens is 174 g/mol. The molecule has 0 aliphatic rings. The first-order valence-corrected chi connectivity index (χ1v) is 3.72. The molecule has 0 aliphatic carbocycles. The Labute approximate surface area is 74.8 Å². The van der Waals surface area contributed by atoms with Crippen LogP contribution in [0, 0.1) is 25.2 Å². The number of nitrogens with zero attached hydrogens (tertiary/aromatic N) is 2. The minimum Gasteiger partial charge on any atom is -0.261 e. The molecule has 1 heterocycles. The van der Waals surface area contributed by atoms with E-state index in [2.05, 4.69) is 4.98 Å². The van der Waals surface area contributed by atoms with E-state index < -0.39 is 6.43 Å². The predicted molar refractivity (Wildman–Crippen MR) is 43.4 cm³/mol. The van der Waals surface area contributed by atoms with Gasteiger partial charge in [-0.15, -0.1) is 0 Å². The first kappa shape index (κ1) is 9.59. The van der Waals surface area contributed by atoms with Crippen LogP contribution in [0.25, 0.3) is 0 Å². The van der Waals surface area contributed by atoms with Crippen LogP contribution in [-0.4, -0.2) is 4.98 Å².